The van der Waals surface area contributed by atoms with Gasteiger partial charge in [-0.2, -0.15) is 0 Å². The summed E-state index contributed by atoms with van der Waals surface area (Å²) in [4.78, 5) is 17.2. The minimum atomic E-state index is -0.975. The summed E-state index contributed by atoms with van der Waals surface area (Å²) in [5.41, 5.74) is 7.65. The van der Waals surface area contributed by atoms with Crippen molar-refractivity contribution in [2.45, 2.75) is 19.4 Å². The number of nitrogens with two attached hydrogens (primary N) is 1. The Morgan fingerprint density at radius 2 is 1.76 bits per heavy atom. The first-order chi connectivity index (χ1) is 11.8. The Morgan fingerprint density at radius 3 is 2.36 bits per heavy atom. The van der Waals surface area contributed by atoms with Crippen molar-refractivity contribution in [1.29, 1.82) is 0 Å². The third kappa shape index (κ3) is 3.92. The quantitative estimate of drug-likeness (QED) is 0.733. The Balaban J connectivity index is 2.06. The number of hydrogen-bond donors (Lipinski definition) is 2. The van der Waals surface area contributed by atoms with Gasteiger partial charge in [-0.25, -0.2) is 4.39 Å². The molecule has 6 heteroatoms. The first kappa shape index (κ1) is 17.3. The number of rotatable bonds is 4. The van der Waals surface area contributed by atoms with E-state index in [-0.39, 0.29) is 11.7 Å². The maximum absolute atomic E-state index is 13.3. The molecule has 0 radical (unpaired) electrons. The SMILES string of the molecule is CC(C)(N)C(=O)Nc1cc(-c2ccc(F)cc2)c(-c2ccncc2)s1. The molecule has 2 aromatic heterocycles. The molecule has 4 nitrogen and oxygen atoms in total. The zero-order valence-electron chi connectivity index (χ0n) is 13.9. The number of nitrogens with one attached hydrogen (secondary N) is 1. The van der Waals surface area contributed by atoms with E-state index in [0.29, 0.717) is 5.00 Å². The highest BCUT2D eigenvalue weighted by atomic mass is 32.1. The minimum Gasteiger partial charge on any atom is -0.318 e. The van der Waals surface area contributed by atoms with Gasteiger partial charge in [0.1, 0.15) is 5.82 Å². The number of benzene rings is 1. The minimum absolute atomic E-state index is 0.263. The van der Waals surface area contributed by atoms with E-state index in [9.17, 15) is 9.18 Å². The van der Waals surface area contributed by atoms with Gasteiger partial charge in [0.25, 0.3) is 0 Å². The zero-order valence-corrected chi connectivity index (χ0v) is 14.7. The molecule has 25 heavy (non-hydrogen) atoms. The summed E-state index contributed by atoms with van der Waals surface area (Å²) in [7, 11) is 0. The van der Waals surface area contributed by atoms with Gasteiger partial charge >= 0.3 is 0 Å². The van der Waals surface area contributed by atoms with Crippen LogP contribution in [0.2, 0.25) is 0 Å². The lowest BCUT2D eigenvalue weighted by Gasteiger charge is -2.16. The molecule has 3 N–H and O–H groups in total. The molecule has 0 atom stereocenters. The molecule has 0 aliphatic rings. The molecule has 1 amide bonds. The van der Waals surface area contributed by atoms with E-state index in [4.69, 9.17) is 5.73 Å². The van der Waals surface area contributed by atoms with Crippen LogP contribution < -0.4 is 11.1 Å². The van der Waals surface area contributed by atoms with Crippen LogP contribution >= 0.6 is 11.3 Å². The highest BCUT2D eigenvalue weighted by Gasteiger charge is 2.23. The number of nitrogens with zero attached hydrogens (tertiary/aromatic N) is 1. The molecule has 128 valence electrons. The number of thiophene rings is 1. The van der Waals surface area contributed by atoms with Crippen molar-refractivity contribution >= 4 is 22.2 Å². The maximum atomic E-state index is 13.3. The largest absolute Gasteiger partial charge is 0.318 e. The molecular formula is C19H18FN3OS. The third-order valence-electron chi connectivity index (χ3n) is 3.65. The first-order valence-corrected chi connectivity index (χ1v) is 8.57. The molecule has 0 aliphatic carbocycles. The molecule has 1 aromatic carbocycles. The number of hydrogen-bond acceptors (Lipinski definition) is 4. The van der Waals surface area contributed by atoms with Crippen LogP contribution in [-0.4, -0.2) is 16.4 Å². The van der Waals surface area contributed by atoms with Gasteiger partial charge in [-0.1, -0.05) is 12.1 Å². The van der Waals surface area contributed by atoms with Gasteiger partial charge in [-0.3, -0.25) is 9.78 Å². The van der Waals surface area contributed by atoms with Gasteiger partial charge in [-0.15, -0.1) is 11.3 Å². The molecular weight excluding hydrogens is 337 g/mol. The van der Waals surface area contributed by atoms with Gasteiger partial charge in [0.05, 0.1) is 10.5 Å². The normalized spacial score (nSPS) is 11.4. The van der Waals surface area contributed by atoms with E-state index in [0.717, 1.165) is 21.6 Å². The number of halogens is 1. The zero-order chi connectivity index (χ0) is 18.0. The highest BCUT2D eigenvalue weighted by molar-refractivity contribution is 7.20. The molecule has 0 saturated carbocycles. The molecule has 3 rings (SSSR count). The first-order valence-electron chi connectivity index (χ1n) is 7.75. The number of anilines is 1. The molecule has 3 aromatic rings. The summed E-state index contributed by atoms with van der Waals surface area (Å²) in [6.07, 6.45) is 3.43. The van der Waals surface area contributed by atoms with Crippen LogP contribution in [0, 0.1) is 5.82 Å². The summed E-state index contributed by atoms with van der Waals surface area (Å²) < 4.78 is 13.3. The molecule has 0 aliphatic heterocycles. The topological polar surface area (TPSA) is 68.0 Å². The average molecular weight is 355 g/mol. The maximum Gasteiger partial charge on any atom is 0.244 e. The van der Waals surface area contributed by atoms with Crippen LogP contribution in [-0.2, 0) is 4.79 Å². The molecule has 0 saturated heterocycles. The van der Waals surface area contributed by atoms with Crippen LogP contribution in [0.15, 0.2) is 54.9 Å². The van der Waals surface area contributed by atoms with E-state index in [1.807, 2.05) is 18.2 Å². The van der Waals surface area contributed by atoms with Crippen molar-refractivity contribution in [2.75, 3.05) is 5.32 Å². The summed E-state index contributed by atoms with van der Waals surface area (Å²) in [5, 5.41) is 3.55. The second kappa shape index (κ2) is 6.74. The monoisotopic (exact) mass is 355 g/mol. The van der Waals surface area contributed by atoms with E-state index in [1.54, 1.807) is 38.4 Å². The number of amides is 1. The van der Waals surface area contributed by atoms with Gasteiger partial charge in [0.15, 0.2) is 0 Å². The van der Waals surface area contributed by atoms with Gasteiger partial charge in [0.2, 0.25) is 5.91 Å². The molecule has 0 bridgehead atoms. The lowest BCUT2D eigenvalue weighted by Crippen LogP contribution is -2.45. The summed E-state index contributed by atoms with van der Waals surface area (Å²) in [6.45, 7) is 3.31. The fraction of sp³-hybridized carbons (Fsp3) is 0.158. The molecule has 0 fully saturated rings. The second-order valence-corrected chi connectivity index (χ2v) is 7.32. The van der Waals surface area contributed by atoms with Crippen LogP contribution in [0.3, 0.4) is 0 Å². The predicted octanol–water partition coefficient (Wildman–Crippen LogP) is 4.29. The fourth-order valence-corrected chi connectivity index (χ4v) is 3.37. The van der Waals surface area contributed by atoms with Crippen molar-refractivity contribution in [3.05, 3.63) is 60.7 Å². The number of aromatic nitrogens is 1. The highest BCUT2D eigenvalue weighted by Crippen LogP contribution is 2.41. The number of carbonyl (C=O) groups is 1. The van der Waals surface area contributed by atoms with Gasteiger partial charge < -0.3 is 11.1 Å². The van der Waals surface area contributed by atoms with Crippen molar-refractivity contribution < 1.29 is 9.18 Å². The van der Waals surface area contributed by atoms with Crippen molar-refractivity contribution in [2.24, 2.45) is 5.73 Å². The predicted molar refractivity (Wildman–Crippen MR) is 99.8 cm³/mol. The number of pyridine rings is 1. The smallest absolute Gasteiger partial charge is 0.244 e. The summed E-state index contributed by atoms with van der Waals surface area (Å²) in [6, 6.07) is 12.0. The summed E-state index contributed by atoms with van der Waals surface area (Å²) in [5.74, 6) is -0.552. The number of carbonyl (C=O) groups excluding carboxylic acids is 1. The van der Waals surface area contributed by atoms with Crippen LogP contribution in [0.25, 0.3) is 21.6 Å². The molecule has 0 spiro atoms. The van der Waals surface area contributed by atoms with Crippen LogP contribution in [0.4, 0.5) is 9.39 Å². The Bertz CT molecular complexity index is 883. The lowest BCUT2D eigenvalue weighted by molar-refractivity contribution is -0.120. The van der Waals surface area contributed by atoms with Crippen LogP contribution in [0.1, 0.15) is 13.8 Å². The van der Waals surface area contributed by atoms with Crippen molar-refractivity contribution in [3.63, 3.8) is 0 Å². The Hall–Kier alpha value is -2.57. The Labute approximate surface area is 149 Å². The fourth-order valence-electron chi connectivity index (χ4n) is 2.29. The van der Waals surface area contributed by atoms with Gasteiger partial charge in [-0.05, 0) is 55.3 Å². The summed E-state index contributed by atoms with van der Waals surface area (Å²) >= 11 is 1.45. The Kier molecular flexibility index (Phi) is 4.65. The van der Waals surface area contributed by atoms with Crippen molar-refractivity contribution in [1.82, 2.24) is 4.98 Å². The van der Waals surface area contributed by atoms with Crippen LogP contribution in [0.5, 0.6) is 0 Å². The van der Waals surface area contributed by atoms with E-state index < -0.39 is 5.54 Å². The van der Waals surface area contributed by atoms with E-state index >= 15 is 0 Å². The molecule has 2 heterocycles. The Morgan fingerprint density at radius 1 is 1.12 bits per heavy atom. The molecule has 0 unspecified atom stereocenters. The second-order valence-electron chi connectivity index (χ2n) is 6.27. The lowest BCUT2D eigenvalue weighted by atomic mass is 10.0. The van der Waals surface area contributed by atoms with E-state index in [1.165, 1.54) is 23.5 Å². The van der Waals surface area contributed by atoms with Gasteiger partial charge in [0, 0.05) is 22.8 Å². The van der Waals surface area contributed by atoms with E-state index in [2.05, 4.69) is 10.3 Å². The average Bonchev–Trinajstić information content (AvgIpc) is 2.99. The third-order valence-corrected chi connectivity index (χ3v) is 4.75. The standard InChI is InChI=1S/C19H18FN3OS/c1-19(2,21)18(24)23-16-11-15(12-3-5-14(20)6-4-12)17(25-16)13-7-9-22-10-8-13/h3-11H,21H2,1-2H3,(H,23,24). The van der Waals surface area contributed by atoms with Crippen molar-refractivity contribution in [3.8, 4) is 21.6 Å².